The summed E-state index contributed by atoms with van der Waals surface area (Å²) in [6.07, 6.45) is 3.16. The Balaban J connectivity index is 1.79. The van der Waals surface area contributed by atoms with Gasteiger partial charge in [0, 0.05) is 5.56 Å². The standard InChI is InChI=1S/C20H21N3O3/c1-3-11-26-18-6-4-5-16(12-18)13-22-23-19(24)14-21-20(25)17-9-7-15(2)8-10-17/h3-10,12-13H,1,11,14H2,2H3,(H,21,25)(H,23,24)/b22-13-. The SMILES string of the molecule is C=CCOc1cccc(/C=N\NC(=O)CNC(=O)c2ccc(C)cc2)c1. The molecule has 0 unspecified atom stereocenters. The molecule has 134 valence electrons. The molecule has 0 heterocycles. The number of amides is 2. The molecule has 0 saturated carbocycles. The minimum atomic E-state index is -0.416. The normalized spacial score (nSPS) is 10.3. The van der Waals surface area contributed by atoms with Crippen molar-refractivity contribution in [3.8, 4) is 5.75 Å². The van der Waals surface area contributed by atoms with Crippen molar-refractivity contribution in [2.24, 2.45) is 5.10 Å². The fourth-order valence-electron chi connectivity index (χ4n) is 2.03. The van der Waals surface area contributed by atoms with Gasteiger partial charge in [-0.05, 0) is 36.8 Å². The van der Waals surface area contributed by atoms with Gasteiger partial charge in [0.05, 0.1) is 12.8 Å². The molecule has 2 N–H and O–H groups in total. The first-order chi connectivity index (χ1) is 12.6. The average molecular weight is 351 g/mol. The quantitative estimate of drug-likeness (QED) is 0.435. The number of nitrogens with zero attached hydrogens (tertiary/aromatic N) is 1. The van der Waals surface area contributed by atoms with Crippen LogP contribution in [0, 0.1) is 6.92 Å². The van der Waals surface area contributed by atoms with Gasteiger partial charge in [-0.2, -0.15) is 5.10 Å². The van der Waals surface area contributed by atoms with Crippen LogP contribution in [0.15, 0.2) is 66.3 Å². The maximum Gasteiger partial charge on any atom is 0.259 e. The van der Waals surface area contributed by atoms with Gasteiger partial charge in [0.25, 0.3) is 11.8 Å². The van der Waals surface area contributed by atoms with E-state index < -0.39 is 5.91 Å². The van der Waals surface area contributed by atoms with E-state index in [1.807, 2.05) is 37.3 Å². The third-order valence-electron chi connectivity index (χ3n) is 3.35. The lowest BCUT2D eigenvalue weighted by atomic mass is 10.1. The van der Waals surface area contributed by atoms with Crippen molar-refractivity contribution >= 4 is 18.0 Å². The molecule has 0 aliphatic rings. The molecule has 0 aliphatic heterocycles. The van der Waals surface area contributed by atoms with E-state index in [0.717, 1.165) is 11.1 Å². The van der Waals surface area contributed by atoms with Crippen molar-refractivity contribution in [2.75, 3.05) is 13.2 Å². The number of hydrazone groups is 1. The average Bonchev–Trinajstić information content (AvgIpc) is 2.65. The predicted octanol–water partition coefficient (Wildman–Crippen LogP) is 2.44. The molecule has 0 aliphatic carbocycles. The Labute approximate surface area is 152 Å². The Morgan fingerprint density at radius 1 is 1.19 bits per heavy atom. The number of nitrogens with one attached hydrogen (secondary N) is 2. The summed E-state index contributed by atoms with van der Waals surface area (Å²) in [5.74, 6) is -0.0393. The Morgan fingerprint density at radius 2 is 1.96 bits per heavy atom. The summed E-state index contributed by atoms with van der Waals surface area (Å²) in [5.41, 5.74) is 4.71. The first-order valence-corrected chi connectivity index (χ1v) is 8.09. The fourth-order valence-corrected chi connectivity index (χ4v) is 2.03. The molecule has 6 heteroatoms. The van der Waals surface area contributed by atoms with Crippen LogP contribution in [0.5, 0.6) is 5.75 Å². The van der Waals surface area contributed by atoms with Crippen LogP contribution in [0.2, 0.25) is 0 Å². The molecule has 0 saturated heterocycles. The van der Waals surface area contributed by atoms with Crippen molar-refractivity contribution < 1.29 is 14.3 Å². The summed E-state index contributed by atoms with van der Waals surface area (Å²) in [6, 6.07) is 14.4. The summed E-state index contributed by atoms with van der Waals surface area (Å²) in [4.78, 5) is 23.7. The molecule has 0 radical (unpaired) electrons. The summed E-state index contributed by atoms with van der Waals surface area (Å²) in [6.45, 7) is 5.78. The molecule has 2 aromatic rings. The molecule has 0 aromatic heterocycles. The van der Waals surface area contributed by atoms with Gasteiger partial charge in [0.2, 0.25) is 0 Å². The van der Waals surface area contributed by atoms with Crippen LogP contribution in [0.25, 0.3) is 0 Å². The summed E-state index contributed by atoms with van der Waals surface area (Å²) >= 11 is 0. The summed E-state index contributed by atoms with van der Waals surface area (Å²) in [7, 11) is 0. The van der Waals surface area contributed by atoms with Crippen LogP contribution >= 0.6 is 0 Å². The van der Waals surface area contributed by atoms with Crippen molar-refractivity contribution in [3.63, 3.8) is 0 Å². The van der Waals surface area contributed by atoms with Gasteiger partial charge >= 0.3 is 0 Å². The van der Waals surface area contributed by atoms with Gasteiger partial charge in [-0.25, -0.2) is 5.43 Å². The zero-order valence-electron chi connectivity index (χ0n) is 14.6. The highest BCUT2D eigenvalue weighted by Crippen LogP contribution is 2.11. The van der Waals surface area contributed by atoms with Crippen LogP contribution in [-0.2, 0) is 4.79 Å². The highest BCUT2D eigenvalue weighted by Gasteiger charge is 2.07. The van der Waals surface area contributed by atoms with Gasteiger partial charge in [-0.3, -0.25) is 9.59 Å². The van der Waals surface area contributed by atoms with Gasteiger partial charge in [-0.1, -0.05) is 42.5 Å². The zero-order chi connectivity index (χ0) is 18.8. The molecule has 26 heavy (non-hydrogen) atoms. The van der Waals surface area contributed by atoms with Crippen LogP contribution in [0.1, 0.15) is 21.5 Å². The van der Waals surface area contributed by atoms with E-state index >= 15 is 0 Å². The Hall–Kier alpha value is -3.41. The minimum Gasteiger partial charge on any atom is -0.490 e. The molecule has 0 fully saturated rings. The maximum atomic E-state index is 11.9. The fraction of sp³-hybridized carbons (Fsp3) is 0.150. The largest absolute Gasteiger partial charge is 0.490 e. The van der Waals surface area contributed by atoms with E-state index in [-0.39, 0.29) is 12.5 Å². The number of rotatable bonds is 8. The van der Waals surface area contributed by atoms with Crippen molar-refractivity contribution in [3.05, 3.63) is 77.9 Å². The molecule has 2 aromatic carbocycles. The second kappa shape index (κ2) is 9.78. The van der Waals surface area contributed by atoms with Crippen molar-refractivity contribution in [1.82, 2.24) is 10.7 Å². The third-order valence-corrected chi connectivity index (χ3v) is 3.35. The first kappa shape index (κ1) is 18.9. The Kier molecular flexibility index (Phi) is 7.12. The van der Waals surface area contributed by atoms with Crippen molar-refractivity contribution in [2.45, 2.75) is 6.92 Å². The number of hydrogen-bond acceptors (Lipinski definition) is 4. The lowest BCUT2D eigenvalue weighted by Crippen LogP contribution is -2.34. The second-order valence-electron chi connectivity index (χ2n) is 5.51. The van der Waals surface area contributed by atoms with E-state index in [1.165, 1.54) is 6.21 Å². The Bertz CT molecular complexity index is 798. The number of carbonyl (C=O) groups excluding carboxylic acids is 2. The molecule has 0 spiro atoms. The van der Waals surface area contributed by atoms with Crippen LogP contribution in [0.4, 0.5) is 0 Å². The van der Waals surface area contributed by atoms with E-state index in [0.29, 0.717) is 17.9 Å². The Morgan fingerprint density at radius 3 is 2.69 bits per heavy atom. The topological polar surface area (TPSA) is 79.8 Å². The number of aryl methyl sites for hydroxylation is 1. The number of hydrogen-bond donors (Lipinski definition) is 2. The van der Waals surface area contributed by atoms with E-state index in [4.69, 9.17) is 4.74 Å². The van der Waals surface area contributed by atoms with Gasteiger partial charge in [0.1, 0.15) is 12.4 Å². The first-order valence-electron chi connectivity index (χ1n) is 8.09. The molecule has 0 bridgehead atoms. The molecular weight excluding hydrogens is 330 g/mol. The number of carbonyl (C=O) groups is 2. The highest BCUT2D eigenvalue weighted by atomic mass is 16.5. The predicted molar refractivity (Wildman–Crippen MR) is 101 cm³/mol. The lowest BCUT2D eigenvalue weighted by Gasteiger charge is -2.05. The van der Waals surface area contributed by atoms with Gasteiger partial charge in [-0.15, -0.1) is 0 Å². The van der Waals surface area contributed by atoms with Gasteiger partial charge in [0.15, 0.2) is 0 Å². The number of benzene rings is 2. The maximum absolute atomic E-state index is 11.9. The highest BCUT2D eigenvalue weighted by molar-refractivity contribution is 5.96. The molecule has 2 rings (SSSR count). The second-order valence-corrected chi connectivity index (χ2v) is 5.51. The summed E-state index contributed by atoms with van der Waals surface area (Å²) < 4.78 is 5.42. The number of ether oxygens (including phenoxy) is 1. The van der Waals surface area contributed by atoms with E-state index in [9.17, 15) is 9.59 Å². The smallest absolute Gasteiger partial charge is 0.259 e. The van der Waals surface area contributed by atoms with E-state index in [1.54, 1.807) is 24.3 Å². The molecule has 0 atom stereocenters. The van der Waals surface area contributed by atoms with E-state index in [2.05, 4.69) is 22.4 Å². The lowest BCUT2D eigenvalue weighted by molar-refractivity contribution is -0.120. The van der Waals surface area contributed by atoms with Crippen molar-refractivity contribution in [1.29, 1.82) is 0 Å². The van der Waals surface area contributed by atoms with Crippen LogP contribution in [0.3, 0.4) is 0 Å². The summed E-state index contributed by atoms with van der Waals surface area (Å²) in [5, 5.41) is 6.42. The monoisotopic (exact) mass is 351 g/mol. The third kappa shape index (κ3) is 6.24. The molecular formula is C20H21N3O3. The zero-order valence-corrected chi connectivity index (χ0v) is 14.6. The minimum absolute atomic E-state index is 0.160. The van der Waals surface area contributed by atoms with Crippen LogP contribution < -0.4 is 15.5 Å². The molecule has 2 amide bonds. The van der Waals surface area contributed by atoms with Crippen LogP contribution in [-0.4, -0.2) is 31.2 Å². The molecule has 6 nitrogen and oxygen atoms in total. The van der Waals surface area contributed by atoms with Gasteiger partial charge < -0.3 is 10.1 Å².